The van der Waals surface area contributed by atoms with Gasteiger partial charge in [-0.05, 0) is 26.4 Å². The zero-order valence-corrected chi connectivity index (χ0v) is 6.42. The summed E-state index contributed by atoms with van der Waals surface area (Å²) in [5.74, 6) is -1.33. The number of rotatable bonds is 6. The second-order valence-corrected chi connectivity index (χ2v) is 2.03. The number of hydrogen-bond acceptors (Lipinski definition) is 3. The highest BCUT2D eigenvalue weighted by molar-refractivity contribution is 5.72. The van der Waals surface area contributed by atoms with Gasteiger partial charge in [0.2, 0.25) is 0 Å². The van der Waals surface area contributed by atoms with Gasteiger partial charge in [-0.1, -0.05) is 6.37 Å². The first-order valence-electron chi connectivity index (χ1n) is 5.27. The number of aliphatic carboxylic acids is 1. The van der Waals surface area contributed by atoms with Gasteiger partial charge in [-0.2, -0.15) is 0 Å². The molecule has 0 unspecified atom stereocenters. The van der Waals surface area contributed by atoms with Gasteiger partial charge < -0.3 is 16.2 Å². The second-order valence-electron chi connectivity index (χ2n) is 2.03. The lowest BCUT2D eigenvalue weighted by Crippen LogP contribution is -2.29. The molecular formula is C7H16N2O2. The molecule has 4 N–H and O–H groups in total. The number of nitrogens with one attached hydrogen (secondary N) is 1. The third-order valence-electron chi connectivity index (χ3n) is 1.03. The van der Waals surface area contributed by atoms with E-state index in [1.54, 1.807) is 0 Å². The number of carboxylic acids is 1. The van der Waals surface area contributed by atoms with Crippen LogP contribution < -0.4 is 11.1 Å². The maximum Gasteiger partial charge on any atom is 0.320 e. The normalized spacial score (nSPS) is 20.9. The Morgan fingerprint density at radius 1 is 1.82 bits per heavy atom. The molecule has 4 nitrogen and oxygen atoms in total. The Labute approximate surface area is 72.4 Å². The molecule has 0 spiro atoms. The van der Waals surface area contributed by atoms with Crippen LogP contribution in [0, 0.1) is 0 Å². The van der Waals surface area contributed by atoms with E-state index in [0.29, 0.717) is 0 Å². The summed E-state index contributed by atoms with van der Waals surface area (Å²) in [6.45, 7) is -0.202. The molecule has 4 heteroatoms. The van der Waals surface area contributed by atoms with Crippen molar-refractivity contribution < 1.29 is 15.4 Å². The Morgan fingerprint density at radius 2 is 2.45 bits per heavy atom. The predicted molar refractivity (Wildman–Crippen MR) is 43.4 cm³/mol. The Hall–Kier alpha value is -0.610. The highest BCUT2D eigenvalue weighted by Gasteiger charge is 2.09. The van der Waals surface area contributed by atoms with Crippen molar-refractivity contribution in [2.75, 3.05) is 13.6 Å². The van der Waals surface area contributed by atoms with Crippen LogP contribution in [0.4, 0.5) is 0 Å². The molecule has 0 aliphatic rings. The molecule has 1 atom stereocenters. The molecule has 11 heavy (non-hydrogen) atoms. The summed E-state index contributed by atoms with van der Waals surface area (Å²) < 4.78 is 29.8. The maximum atomic E-state index is 10.4. The minimum atomic E-state index is -2.28. The van der Waals surface area contributed by atoms with Crippen molar-refractivity contribution in [3.05, 3.63) is 0 Å². The minimum Gasteiger partial charge on any atom is -0.480 e. The largest absolute Gasteiger partial charge is 0.480 e. The fourth-order valence-electron chi connectivity index (χ4n) is 0.420. The first-order chi connectivity index (χ1) is 6.64. The molecule has 0 aliphatic carbocycles. The molecule has 0 saturated heterocycles. The lowest BCUT2D eigenvalue weighted by molar-refractivity contribution is -0.138. The van der Waals surface area contributed by atoms with E-state index in [9.17, 15) is 4.79 Å². The molecule has 0 heterocycles. The van der Waals surface area contributed by atoms with Gasteiger partial charge in [0.1, 0.15) is 6.04 Å². The van der Waals surface area contributed by atoms with E-state index in [1.165, 1.54) is 7.05 Å². The fourth-order valence-corrected chi connectivity index (χ4v) is 0.420. The monoisotopic (exact) mass is 164 g/mol. The third-order valence-corrected chi connectivity index (χ3v) is 1.03. The third kappa shape index (κ3) is 5.82. The summed E-state index contributed by atoms with van der Waals surface area (Å²) in [6, 6.07) is -1.40. The summed E-state index contributed by atoms with van der Waals surface area (Å²) in [7, 11) is 1.49. The number of nitrogens with two attached hydrogens (primary N) is 1. The van der Waals surface area contributed by atoms with E-state index in [-0.39, 0.29) is 6.54 Å². The summed E-state index contributed by atoms with van der Waals surface area (Å²) in [5.41, 5.74) is 5.17. The summed E-state index contributed by atoms with van der Waals surface area (Å²) in [4.78, 5) is 10.4. The van der Waals surface area contributed by atoms with E-state index in [1.807, 2.05) is 0 Å². The predicted octanol–water partition coefficient (Wildman–Crippen LogP) is -0.212. The van der Waals surface area contributed by atoms with E-state index in [4.69, 9.17) is 16.3 Å². The lowest BCUT2D eigenvalue weighted by atomic mass is 10.1. The Balaban J connectivity index is 4.59. The lowest BCUT2D eigenvalue weighted by Gasteiger charge is -2.04. The van der Waals surface area contributed by atoms with Crippen LogP contribution in [0.25, 0.3) is 0 Å². The molecular weight excluding hydrogens is 144 g/mol. The van der Waals surface area contributed by atoms with Gasteiger partial charge in [0.15, 0.2) is 0 Å². The van der Waals surface area contributed by atoms with E-state index < -0.39 is 31.2 Å². The topological polar surface area (TPSA) is 75.3 Å². The Kier molecular flexibility index (Phi) is 2.84. The van der Waals surface area contributed by atoms with Crippen LogP contribution in [0.3, 0.4) is 0 Å². The van der Waals surface area contributed by atoms with Crippen LogP contribution in [-0.2, 0) is 4.79 Å². The maximum absolute atomic E-state index is 10.4. The van der Waals surface area contributed by atoms with Crippen molar-refractivity contribution in [2.45, 2.75) is 25.2 Å². The first-order valence-corrected chi connectivity index (χ1v) is 3.27. The van der Waals surface area contributed by atoms with Gasteiger partial charge in [-0.3, -0.25) is 4.79 Å². The smallest absolute Gasteiger partial charge is 0.320 e. The van der Waals surface area contributed by atoms with Crippen LogP contribution >= 0.6 is 0 Å². The number of hydrogen-bond donors (Lipinski definition) is 3. The summed E-state index contributed by atoms with van der Waals surface area (Å²) in [6.07, 6.45) is -5.00. The average molecular weight is 164 g/mol. The van der Waals surface area contributed by atoms with Gasteiger partial charge in [0, 0.05) is 5.48 Å². The highest BCUT2D eigenvalue weighted by Crippen LogP contribution is 1.97. The van der Waals surface area contributed by atoms with Crippen LogP contribution in [0.15, 0.2) is 0 Å². The van der Waals surface area contributed by atoms with E-state index in [2.05, 4.69) is 5.32 Å². The molecule has 0 amide bonds. The summed E-state index contributed by atoms with van der Waals surface area (Å²) in [5, 5.41) is 11.0. The van der Waals surface area contributed by atoms with Crippen molar-refractivity contribution in [3.63, 3.8) is 0 Å². The molecule has 0 aromatic heterocycles. The van der Waals surface area contributed by atoms with E-state index >= 15 is 0 Å². The quantitative estimate of drug-likeness (QED) is 0.507. The molecule has 0 fully saturated rings. The van der Waals surface area contributed by atoms with Gasteiger partial charge in [-0.25, -0.2) is 0 Å². The molecule has 0 radical (unpaired) electrons. The Bertz CT molecular complexity index is 235. The molecule has 0 saturated carbocycles. The standard InChI is InChI=1S/C7H16N2O2/c1-9-5-3-2-4-6(8)7(10)11/h6,9H,2-5,8H2,1H3,(H,10,11)/t6-/m0/s1/i2D2,3D2. The van der Waals surface area contributed by atoms with Gasteiger partial charge in [-0.15, -0.1) is 0 Å². The summed E-state index contributed by atoms with van der Waals surface area (Å²) >= 11 is 0. The molecule has 0 aromatic rings. The first kappa shape index (κ1) is 5.11. The minimum absolute atomic E-state index is 0.202. The highest BCUT2D eigenvalue weighted by atomic mass is 16.4. The van der Waals surface area contributed by atoms with Crippen LogP contribution in [0.2, 0.25) is 0 Å². The van der Waals surface area contributed by atoms with Gasteiger partial charge >= 0.3 is 5.97 Å². The fraction of sp³-hybridized carbons (Fsp3) is 0.857. The molecule has 0 rings (SSSR count). The van der Waals surface area contributed by atoms with E-state index in [0.717, 1.165) is 0 Å². The van der Waals surface area contributed by atoms with Crippen molar-refractivity contribution in [1.29, 1.82) is 0 Å². The van der Waals surface area contributed by atoms with Gasteiger partial charge in [0.05, 0.1) is 0 Å². The second kappa shape index (κ2) is 6.12. The van der Waals surface area contributed by atoms with Crippen LogP contribution in [-0.4, -0.2) is 30.7 Å². The average Bonchev–Trinajstić information content (AvgIpc) is 2.02. The molecule has 0 bridgehead atoms. The molecule has 0 aromatic carbocycles. The van der Waals surface area contributed by atoms with Crippen molar-refractivity contribution in [1.82, 2.24) is 5.32 Å². The number of carbonyl (C=O) groups is 1. The van der Waals surface area contributed by atoms with Crippen molar-refractivity contribution >= 4 is 5.97 Å². The molecule has 66 valence electrons. The van der Waals surface area contributed by atoms with Crippen LogP contribution in [0.1, 0.15) is 24.6 Å². The van der Waals surface area contributed by atoms with Gasteiger partial charge in [0.25, 0.3) is 0 Å². The SMILES string of the molecule is [2H]C([2H])(CNC)C([2H])([2H])C[C@H](N)C(=O)O. The van der Waals surface area contributed by atoms with Crippen LogP contribution in [0.5, 0.6) is 0 Å². The zero-order chi connectivity index (χ0) is 12.3. The number of carboxylic acid groups (broad SMARTS) is 1. The van der Waals surface area contributed by atoms with Crippen molar-refractivity contribution in [2.24, 2.45) is 5.73 Å². The zero-order valence-electron chi connectivity index (χ0n) is 10.4. The van der Waals surface area contributed by atoms with Crippen molar-refractivity contribution in [3.8, 4) is 0 Å². The Morgan fingerprint density at radius 3 is 2.91 bits per heavy atom. The molecule has 0 aliphatic heterocycles.